The fourth-order valence-electron chi connectivity index (χ4n) is 2.39. The SMILES string of the molecule is CCCCN1CCCNC(CC(C)C)C1. The van der Waals surface area contributed by atoms with Crippen LogP contribution >= 0.6 is 0 Å². The molecule has 0 aliphatic carbocycles. The summed E-state index contributed by atoms with van der Waals surface area (Å²) in [7, 11) is 0. The molecule has 0 radical (unpaired) electrons. The van der Waals surface area contributed by atoms with Crippen LogP contribution in [0.4, 0.5) is 0 Å². The summed E-state index contributed by atoms with van der Waals surface area (Å²) in [4.78, 5) is 2.65. The van der Waals surface area contributed by atoms with E-state index in [2.05, 4.69) is 31.0 Å². The molecule has 15 heavy (non-hydrogen) atoms. The van der Waals surface area contributed by atoms with Gasteiger partial charge in [0.05, 0.1) is 0 Å². The van der Waals surface area contributed by atoms with Gasteiger partial charge in [-0.25, -0.2) is 0 Å². The fraction of sp³-hybridized carbons (Fsp3) is 1.00. The Labute approximate surface area is 95.4 Å². The van der Waals surface area contributed by atoms with E-state index in [1.54, 1.807) is 0 Å². The molecule has 0 aromatic rings. The van der Waals surface area contributed by atoms with Gasteiger partial charge in [-0.05, 0) is 44.8 Å². The predicted molar refractivity (Wildman–Crippen MR) is 67.2 cm³/mol. The minimum absolute atomic E-state index is 0.726. The van der Waals surface area contributed by atoms with Crippen molar-refractivity contribution in [3.8, 4) is 0 Å². The Bertz CT molecular complexity index is 157. The van der Waals surface area contributed by atoms with Gasteiger partial charge in [0.15, 0.2) is 0 Å². The first-order valence-corrected chi connectivity index (χ1v) is 6.68. The number of rotatable bonds is 5. The van der Waals surface area contributed by atoms with E-state index in [1.807, 2.05) is 0 Å². The van der Waals surface area contributed by atoms with E-state index in [0.29, 0.717) is 0 Å². The van der Waals surface area contributed by atoms with Crippen LogP contribution in [0.5, 0.6) is 0 Å². The van der Waals surface area contributed by atoms with Gasteiger partial charge < -0.3 is 10.2 Å². The molecule has 0 aromatic carbocycles. The molecule has 1 saturated heterocycles. The highest BCUT2D eigenvalue weighted by molar-refractivity contribution is 4.77. The van der Waals surface area contributed by atoms with Crippen molar-refractivity contribution in [2.75, 3.05) is 26.2 Å². The fourth-order valence-corrected chi connectivity index (χ4v) is 2.39. The third kappa shape index (κ3) is 5.53. The zero-order valence-corrected chi connectivity index (χ0v) is 10.8. The quantitative estimate of drug-likeness (QED) is 0.753. The monoisotopic (exact) mass is 212 g/mol. The molecular formula is C13H28N2. The van der Waals surface area contributed by atoms with Crippen LogP contribution in [-0.2, 0) is 0 Å². The molecule has 0 aromatic heterocycles. The molecule has 1 heterocycles. The van der Waals surface area contributed by atoms with Crippen molar-refractivity contribution in [1.82, 2.24) is 10.2 Å². The van der Waals surface area contributed by atoms with Crippen molar-refractivity contribution >= 4 is 0 Å². The highest BCUT2D eigenvalue weighted by atomic mass is 15.2. The van der Waals surface area contributed by atoms with E-state index in [1.165, 1.54) is 51.9 Å². The molecule has 1 rings (SSSR count). The van der Waals surface area contributed by atoms with Crippen molar-refractivity contribution in [3.63, 3.8) is 0 Å². The molecule has 1 aliphatic rings. The van der Waals surface area contributed by atoms with E-state index < -0.39 is 0 Å². The molecule has 1 fully saturated rings. The molecule has 0 spiro atoms. The van der Waals surface area contributed by atoms with Crippen molar-refractivity contribution in [3.05, 3.63) is 0 Å². The Kier molecular flexibility index (Phi) is 6.26. The average Bonchev–Trinajstić information content (AvgIpc) is 2.39. The minimum atomic E-state index is 0.726. The van der Waals surface area contributed by atoms with E-state index in [4.69, 9.17) is 0 Å². The van der Waals surface area contributed by atoms with Crippen LogP contribution in [0.15, 0.2) is 0 Å². The summed E-state index contributed by atoms with van der Waals surface area (Å²) >= 11 is 0. The molecule has 0 amide bonds. The summed E-state index contributed by atoms with van der Waals surface area (Å²) in [5.41, 5.74) is 0. The van der Waals surface area contributed by atoms with Crippen LogP contribution in [0.2, 0.25) is 0 Å². The lowest BCUT2D eigenvalue weighted by Crippen LogP contribution is -2.38. The maximum atomic E-state index is 3.68. The second-order valence-electron chi connectivity index (χ2n) is 5.29. The standard InChI is InChI=1S/C13H28N2/c1-4-5-8-15-9-6-7-14-13(11-15)10-12(2)3/h12-14H,4-11H2,1-3H3. The number of hydrogen-bond acceptors (Lipinski definition) is 2. The van der Waals surface area contributed by atoms with E-state index >= 15 is 0 Å². The Morgan fingerprint density at radius 2 is 2.20 bits per heavy atom. The largest absolute Gasteiger partial charge is 0.313 e. The maximum absolute atomic E-state index is 3.68. The maximum Gasteiger partial charge on any atom is 0.0197 e. The van der Waals surface area contributed by atoms with E-state index in [-0.39, 0.29) is 0 Å². The Hall–Kier alpha value is -0.0800. The summed E-state index contributed by atoms with van der Waals surface area (Å²) in [6, 6.07) is 0.726. The second-order valence-corrected chi connectivity index (χ2v) is 5.29. The third-order valence-corrected chi connectivity index (χ3v) is 3.15. The second kappa shape index (κ2) is 7.24. The molecule has 2 heteroatoms. The number of hydrogen-bond donors (Lipinski definition) is 1. The van der Waals surface area contributed by atoms with Crippen LogP contribution in [-0.4, -0.2) is 37.1 Å². The number of nitrogens with zero attached hydrogens (tertiary/aromatic N) is 1. The smallest absolute Gasteiger partial charge is 0.0197 e. The van der Waals surface area contributed by atoms with Gasteiger partial charge in [0.2, 0.25) is 0 Å². The van der Waals surface area contributed by atoms with Crippen molar-refractivity contribution in [2.45, 2.75) is 52.5 Å². The molecule has 0 bridgehead atoms. The highest BCUT2D eigenvalue weighted by Gasteiger charge is 2.17. The molecule has 2 nitrogen and oxygen atoms in total. The Morgan fingerprint density at radius 1 is 1.40 bits per heavy atom. The molecule has 1 N–H and O–H groups in total. The lowest BCUT2D eigenvalue weighted by molar-refractivity contribution is 0.252. The topological polar surface area (TPSA) is 15.3 Å². The van der Waals surface area contributed by atoms with Crippen LogP contribution in [0.25, 0.3) is 0 Å². The number of unbranched alkanes of at least 4 members (excludes halogenated alkanes) is 1. The molecular weight excluding hydrogens is 184 g/mol. The van der Waals surface area contributed by atoms with Crippen molar-refractivity contribution in [1.29, 1.82) is 0 Å². The summed E-state index contributed by atoms with van der Waals surface area (Å²) < 4.78 is 0. The van der Waals surface area contributed by atoms with E-state index in [9.17, 15) is 0 Å². The first-order chi connectivity index (χ1) is 7.22. The third-order valence-electron chi connectivity index (χ3n) is 3.15. The van der Waals surface area contributed by atoms with Gasteiger partial charge in [0.1, 0.15) is 0 Å². The summed E-state index contributed by atoms with van der Waals surface area (Å²) in [6.45, 7) is 12.0. The molecule has 90 valence electrons. The molecule has 1 unspecified atom stereocenters. The van der Waals surface area contributed by atoms with Gasteiger partial charge in [0, 0.05) is 12.6 Å². The predicted octanol–water partition coefficient (Wildman–Crippen LogP) is 2.50. The van der Waals surface area contributed by atoms with Gasteiger partial charge in [0.25, 0.3) is 0 Å². The summed E-state index contributed by atoms with van der Waals surface area (Å²) in [5.74, 6) is 0.814. The average molecular weight is 212 g/mol. The summed E-state index contributed by atoms with van der Waals surface area (Å²) in [5, 5.41) is 3.68. The van der Waals surface area contributed by atoms with Gasteiger partial charge in [-0.2, -0.15) is 0 Å². The van der Waals surface area contributed by atoms with Crippen LogP contribution in [0.3, 0.4) is 0 Å². The van der Waals surface area contributed by atoms with E-state index in [0.717, 1.165) is 12.0 Å². The highest BCUT2D eigenvalue weighted by Crippen LogP contribution is 2.10. The first kappa shape index (κ1) is 13.0. The van der Waals surface area contributed by atoms with Gasteiger partial charge in [-0.3, -0.25) is 0 Å². The normalized spacial score (nSPS) is 24.4. The Morgan fingerprint density at radius 3 is 2.87 bits per heavy atom. The lowest BCUT2D eigenvalue weighted by Gasteiger charge is -2.25. The van der Waals surface area contributed by atoms with Crippen LogP contribution in [0.1, 0.15) is 46.5 Å². The van der Waals surface area contributed by atoms with Gasteiger partial charge in [-0.1, -0.05) is 27.2 Å². The molecule has 1 aliphatic heterocycles. The van der Waals surface area contributed by atoms with Crippen molar-refractivity contribution < 1.29 is 0 Å². The first-order valence-electron chi connectivity index (χ1n) is 6.68. The lowest BCUT2D eigenvalue weighted by atomic mass is 10.0. The van der Waals surface area contributed by atoms with Crippen LogP contribution < -0.4 is 5.32 Å². The zero-order valence-electron chi connectivity index (χ0n) is 10.8. The van der Waals surface area contributed by atoms with Crippen LogP contribution in [0, 0.1) is 5.92 Å². The minimum Gasteiger partial charge on any atom is -0.313 e. The zero-order chi connectivity index (χ0) is 11.1. The van der Waals surface area contributed by atoms with Gasteiger partial charge in [-0.15, -0.1) is 0 Å². The number of nitrogens with one attached hydrogen (secondary N) is 1. The van der Waals surface area contributed by atoms with Gasteiger partial charge >= 0.3 is 0 Å². The molecule has 0 saturated carbocycles. The summed E-state index contributed by atoms with van der Waals surface area (Å²) in [6.07, 6.45) is 5.31. The molecule has 1 atom stereocenters. The van der Waals surface area contributed by atoms with Crippen molar-refractivity contribution in [2.24, 2.45) is 5.92 Å². The Balaban J connectivity index is 2.31.